The van der Waals surface area contributed by atoms with E-state index in [-0.39, 0.29) is 11.8 Å². The van der Waals surface area contributed by atoms with Crippen LogP contribution in [0.25, 0.3) is 0 Å². The summed E-state index contributed by atoms with van der Waals surface area (Å²) < 4.78 is 0. The third-order valence-corrected chi connectivity index (χ3v) is 2.46. The quantitative estimate of drug-likeness (QED) is 0.598. The summed E-state index contributed by atoms with van der Waals surface area (Å²) in [6.45, 7) is 9.70. The van der Waals surface area contributed by atoms with Crippen molar-refractivity contribution in [1.29, 1.82) is 0 Å². The van der Waals surface area contributed by atoms with Crippen LogP contribution in [0, 0.1) is 0 Å². The average Bonchev–Trinajstić information content (AvgIpc) is 2.23. The SMILES string of the molecule is C=C1C=C(C)N(C(C)=O)CCN1C(C)=O. The minimum Gasteiger partial charge on any atom is -0.315 e. The molecular weight excluding hydrogens is 192 g/mol. The van der Waals surface area contributed by atoms with Crippen molar-refractivity contribution in [3.8, 4) is 0 Å². The van der Waals surface area contributed by atoms with Gasteiger partial charge in [-0.3, -0.25) is 9.59 Å². The minimum atomic E-state index is -0.0468. The normalized spacial score (nSPS) is 17.3. The highest BCUT2D eigenvalue weighted by Crippen LogP contribution is 2.15. The molecule has 1 heterocycles. The highest BCUT2D eigenvalue weighted by molar-refractivity contribution is 5.78. The Morgan fingerprint density at radius 1 is 1.20 bits per heavy atom. The topological polar surface area (TPSA) is 40.6 Å². The lowest BCUT2D eigenvalue weighted by atomic mass is 10.3. The van der Waals surface area contributed by atoms with Crippen LogP contribution in [0.15, 0.2) is 24.0 Å². The van der Waals surface area contributed by atoms with Crippen molar-refractivity contribution < 1.29 is 9.59 Å². The van der Waals surface area contributed by atoms with Gasteiger partial charge in [0.2, 0.25) is 11.8 Å². The molecule has 0 saturated heterocycles. The van der Waals surface area contributed by atoms with Gasteiger partial charge in [-0.05, 0) is 13.0 Å². The first-order valence-corrected chi connectivity index (χ1v) is 4.87. The van der Waals surface area contributed by atoms with E-state index in [1.165, 1.54) is 13.8 Å². The standard InChI is InChI=1S/C11H16N2O2/c1-8-7-9(2)13(11(4)15)6-5-12(8)10(3)14/h7H,1,5-6H2,2-4H3. The van der Waals surface area contributed by atoms with Gasteiger partial charge in [-0.1, -0.05) is 6.58 Å². The maximum absolute atomic E-state index is 11.3. The number of carbonyl (C=O) groups excluding carboxylic acids is 2. The Balaban J connectivity index is 2.94. The molecule has 0 atom stereocenters. The summed E-state index contributed by atoms with van der Waals surface area (Å²) in [5.41, 5.74) is 1.47. The number of allylic oxidation sites excluding steroid dienone is 2. The van der Waals surface area contributed by atoms with Crippen LogP contribution in [0.2, 0.25) is 0 Å². The van der Waals surface area contributed by atoms with Crippen LogP contribution < -0.4 is 0 Å². The summed E-state index contributed by atoms with van der Waals surface area (Å²) in [4.78, 5) is 25.8. The third kappa shape index (κ3) is 2.46. The van der Waals surface area contributed by atoms with E-state index in [2.05, 4.69) is 6.58 Å². The fourth-order valence-corrected chi connectivity index (χ4v) is 1.68. The summed E-state index contributed by atoms with van der Waals surface area (Å²) in [5.74, 6) is -0.0589. The predicted molar refractivity (Wildman–Crippen MR) is 57.7 cm³/mol. The molecule has 4 nitrogen and oxygen atoms in total. The van der Waals surface area contributed by atoms with Crippen molar-refractivity contribution >= 4 is 11.8 Å². The Bertz CT molecular complexity index is 344. The van der Waals surface area contributed by atoms with Crippen molar-refractivity contribution in [3.63, 3.8) is 0 Å². The zero-order valence-electron chi connectivity index (χ0n) is 9.41. The number of rotatable bonds is 0. The molecule has 1 rings (SSSR count). The minimum absolute atomic E-state index is 0.0121. The van der Waals surface area contributed by atoms with E-state index in [9.17, 15) is 9.59 Å². The van der Waals surface area contributed by atoms with Crippen molar-refractivity contribution in [1.82, 2.24) is 9.80 Å². The second kappa shape index (κ2) is 4.29. The maximum Gasteiger partial charge on any atom is 0.223 e. The van der Waals surface area contributed by atoms with E-state index in [0.29, 0.717) is 18.8 Å². The Hall–Kier alpha value is -1.58. The molecule has 0 aromatic carbocycles. The molecule has 15 heavy (non-hydrogen) atoms. The largest absolute Gasteiger partial charge is 0.315 e. The first-order valence-electron chi connectivity index (χ1n) is 4.87. The molecule has 0 spiro atoms. The van der Waals surface area contributed by atoms with Gasteiger partial charge in [0.25, 0.3) is 0 Å². The first-order chi connectivity index (χ1) is 6.93. The second-order valence-corrected chi connectivity index (χ2v) is 3.62. The molecule has 0 aliphatic carbocycles. The van der Waals surface area contributed by atoms with Crippen molar-refractivity contribution in [3.05, 3.63) is 24.0 Å². The van der Waals surface area contributed by atoms with E-state index in [4.69, 9.17) is 0 Å². The Kier molecular flexibility index (Phi) is 3.29. The van der Waals surface area contributed by atoms with Crippen LogP contribution >= 0.6 is 0 Å². The lowest BCUT2D eigenvalue weighted by Gasteiger charge is -2.21. The van der Waals surface area contributed by atoms with Crippen molar-refractivity contribution in [2.75, 3.05) is 13.1 Å². The molecule has 0 aromatic heterocycles. The van der Waals surface area contributed by atoms with Gasteiger partial charge in [0.05, 0.1) is 0 Å². The van der Waals surface area contributed by atoms with Gasteiger partial charge in [0, 0.05) is 38.3 Å². The summed E-state index contributed by atoms with van der Waals surface area (Å²) in [6, 6.07) is 0. The monoisotopic (exact) mass is 208 g/mol. The van der Waals surface area contributed by atoms with Crippen LogP contribution in [-0.4, -0.2) is 34.7 Å². The summed E-state index contributed by atoms with van der Waals surface area (Å²) in [6.07, 6.45) is 1.76. The van der Waals surface area contributed by atoms with Gasteiger partial charge >= 0.3 is 0 Å². The molecule has 0 bridgehead atoms. The number of amides is 2. The summed E-state index contributed by atoms with van der Waals surface area (Å²) >= 11 is 0. The highest BCUT2D eigenvalue weighted by atomic mass is 16.2. The molecule has 4 heteroatoms. The second-order valence-electron chi connectivity index (χ2n) is 3.62. The molecule has 0 aromatic rings. The van der Waals surface area contributed by atoms with E-state index in [1.54, 1.807) is 15.9 Å². The predicted octanol–water partition coefficient (Wildman–Crippen LogP) is 1.11. The van der Waals surface area contributed by atoms with E-state index < -0.39 is 0 Å². The van der Waals surface area contributed by atoms with Gasteiger partial charge in [-0.15, -0.1) is 0 Å². The fraction of sp³-hybridized carbons (Fsp3) is 0.455. The number of carbonyl (C=O) groups is 2. The summed E-state index contributed by atoms with van der Waals surface area (Å²) in [5, 5.41) is 0. The maximum atomic E-state index is 11.3. The van der Waals surface area contributed by atoms with E-state index in [0.717, 1.165) is 5.70 Å². The lowest BCUT2D eigenvalue weighted by Crippen LogP contribution is -2.35. The Morgan fingerprint density at radius 2 is 1.67 bits per heavy atom. The van der Waals surface area contributed by atoms with Crippen LogP contribution in [-0.2, 0) is 9.59 Å². The lowest BCUT2D eigenvalue weighted by molar-refractivity contribution is -0.129. The van der Waals surface area contributed by atoms with Gasteiger partial charge in [-0.2, -0.15) is 0 Å². The molecule has 0 N–H and O–H groups in total. The zero-order chi connectivity index (χ0) is 11.6. The Labute approximate surface area is 89.8 Å². The molecule has 0 unspecified atom stereocenters. The molecule has 0 fully saturated rings. The van der Waals surface area contributed by atoms with E-state index in [1.807, 2.05) is 6.92 Å². The fourth-order valence-electron chi connectivity index (χ4n) is 1.68. The van der Waals surface area contributed by atoms with Crippen LogP contribution in [0.1, 0.15) is 20.8 Å². The van der Waals surface area contributed by atoms with Crippen molar-refractivity contribution in [2.45, 2.75) is 20.8 Å². The van der Waals surface area contributed by atoms with Crippen LogP contribution in [0.4, 0.5) is 0 Å². The smallest absolute Gasteiger partial charge is 0.223 e. The number of hydrogen-bond donors (Lipinski definition) is 0. The molecule has 1 aliphatic heterocycles. The van der Waals surface area contributed by atoms with E-state index >= 15 is 0 Å². The van der Waals surface area contributed by atoms with Crippen LogP contribution in [0.5, 0.6) is 0 Å². The molecule has 1 aliphatic rings. The molecule has 82 valence electrons. The average molecular weight is 208 g/mol. The van der Waals surface area contributed by atoms with Crippen molar-refractivity contribution in [2.24, 2.45) is 0 Å². The summed E-state index contributed by atoms with van der Waals surface area (Å²) in [7, 11) is 0. The van der Waals surface area contributed by atoms with Gasteiger partial charge < -0.3 is 9.80 Å². The molecule has 0 radical (unpaired) electrons. The third-order valence-electron chi connectivity index (χ3n) is 2.46. The number of hydrogen-bond acceptors (Lipinski definition) is 2. The Morgan fingerprint density at radius 3 is 2.13 bits per heavy atom. The van der Waals surface area contributed by atoms with Crippen LogP contribution in [0.3, 0.4) is 0 Å². The first kappa shape index (κ1) is 11.5. The molecular formula is C11H16N2O2. The van der Waals surface area contributed by atoms with Gasteiger partial charge in [0.1, 0.15) is 0 Å². The number of nitrogens with zero attached hydrogens (tertiary/aromatic N) is 2. The zero-order valence-corrected chi connectivity index (χ0v) is 9.41. The molecule has 2 amide bonds. The highest BCUT2D eigenvalue weighted by Gasteiger charge is 2.20. The van der Waals surface area contributed by atoms with Gasteiger partial charge in [0.15, 0.2) is 0 Å². The van der Waals surface area contributed by atoms with Gasteiger partial charge in [-0.25, -0.2) is 0 Å². The molecule has 0 saturated carbocycles.